The summed E-state index contributed by atoms with van der Waals surface area (Å²) in [5, 5.41) is 10.2. The minimum Gasteiger partial charge on any atom is -0.378 e. The molecule has 0 bridgehead atoms. The number of nitrogens with one attached hydrogen (secondary N) is 2. The molecule has 0 aliphatic carbocycles. The van der Waals surface area contributed by atoms with Crippen molar-refractivity contribution in [1.82, 2.24) is 20.4 Å². The van der Waals surface area contributed by atoms with E-state index in [2.05, 4.69) is 15.5 Å². The molecule has 104 valence electrons. The van der Waals surface area contributed by atoms with Gasteiger partial charge in [0.25, 0.3) is 0 Å². The van der Waals surface area contributed by atoms with E-state index in [1.54, 1.807) is 6.20 Å². The molecule has 0 spiro atoms. The van der Waals surface area contributed by atoms with Crippen LogP contribution >= 0.6 is 0 Å². The van der Waals surface area contributed by atoms with Crippen molar-refractivity contribution in [2.24, 2.45) is 0 Å². The number of carbonyl (C=O) groups excluding carboxylic acids is 1. The molecule has 6 heteroatoms. The molecule has 2 N–H and O–H groups in total. The molecule has 2 aliphatic rings. The summed E-state index contributed by atoms with van der Waals surface area (Å²) >= 11 is 0. The van der Waals surface area contributed by atoms with Gasteiger partial charge >= 0.3 is 0 Å². The van der Waals surface area contributed by atoms with Crippen LogP contribution in [0.2, 0.25) is 0 Å². The van der Waals surface area contributed by atoms with Gasteiger partial charge in [-0.2, -0.15) is 5.10 Å². The lowest BCUT2D eigenvalue weighted by Gasteiger charge is -2.35. The SMILES string of the molecule is O=C(C1COCCN1)N1CCC(c2ccn[nH]2)CC1. The number of hydrogen-bond acceptors (Lipinski definition) is 4. The highest BCUT2D eigenvalue weighted by molar-refractivity contribution is 5.82. The molecule has 0 radical (unpaired) electrons. The van der Waals surface area contributed by atoms with Crippen LogP contribution in [0.25, 0.3) is 0 Å². The highest BCUT2D eigenvalue weighted by Crippen LogP contribution is 2.26. The van der Waals surface area contributed by atoms with Crippen LogP contribution in [-0.2, 0) is 9.53 Å². The van der Waals surface area contributed by atoms with Crippen molar-refractivity contribution in [1.29, 1.82) is 0 Å². The largest absolute Gasteiger partial charge is 0.378 e. The van der Waals surface area contributed by atoms with Crippen LogP contribution in [0.1, 0.15) is 24.5 Å². The maximum Gasteiger partial charge on any atom is 0.242 e. The third-order valence-electron chi connectivity index (χ3n) is 3.99. The van der Waals surface area contributed by atoms with Crippen molar-refractivity contribution in [3.8, 4) is 0 Å². The molecule has 1 aromatic heterocycles. The Kier molecular flexibility index (Phi) is 3.79. The minimum absolute atomic E-state index is 0.155. The molecule has 2 aliphatic heterocycles. The predicted molar refractivity (Wildman–Crippen MR) is 69.8 cm³/mol. The van der Waals surface area contributed by atoms with E-state index in [1.165, 1.54) is 5.69 Å². The summed E-state index contributed by atoms with van der Waals surface area (Å²) in [5.41, 5.74) is 1.19. The highest BCUT2D eigenvalue weighted by atomic mass is 16.5. The summed E-state index contributed by atoms with van der Waals surface area (Å²) in [5.74, 6) is 0.685. The van der Waals surface area contributed by atoms with Crippen molar-refractivity contribution in [3.05, 3.63) is 18.0 Å². The summed E-state index contributed by atoms with van der Waals surface area (Å²) in [4.78, 5) is 14.3. The zero-order valence-electron chi connectivity index (χ0n) is 11.0. The van der Waals surface area contributed by atoms with Crippen LogP contribution in [0.15, 0.2) is 12.3 Å². The van der Waals surface area contributed by atoms with E-state index in [0.29, 0.717) is 19.1 Å². The number of amides is 1. The van der Waals surface area contributed by atoms with E-state index in [0.717, 1.165) is 32.5 Å². The average molecular weight is 264 g/mol. The second-order valence-corrected chi connectivity index (χ2v) is 5.19. The Morgan fingerprint density at radius 3 is 2.89 bits per heavy atom. The van der Waals surface area contributed by atoms with E-state index in [4.69, 9.17) is 4.74 Å². The van der Waals surface area contributed by atoms with Crippen LogP contribution in [0.4, 0.5) is 0 Å². The monoisotopic (exact) mass is 264 g/mol. The Balaban J connectivity index is 1.53. The fourth-order valence-corrected chi connectivity index (χ4v) is 2.85. The Bertz CT molecular complexity index is 406. The number of rotatable bonds is 2. The second-order valence-electron chi connectivity index (χ2n) is 5.19. The lowest BCUT2D eigenvalue weighted by molar-refractivity contribution is -0.137. The number of ether oxygens (including phenoxy) is 1. The van der Waals surface area contributed by atoms with Gasteiger partial charge in [-0.3, -0.25) is 9.89 Å². The quantitative estimate of drug-likeness (QED) is 0.795. The average Bonchev–Trinajstić information content (AvgIpc) is 3.02. The van der Waals surface area contributed by atoms with Gasteiger partial charge in [0, 0.05) is 37.4 Å². The van der Waals surface area contributed by atoms with Gasteiger partial charge in [-0.05, 0) is 18.9 Å². The van der Waals surface area contributed by atoms with Gasteiger partial charge in [0.15, 0.2) is 0 Å². The standard InChI is InChI=1S/C13H20N4O2/c18-13(12-9-19-8-5-14-12)17-6-2-10(3-7-17)11-1-4-15-16-11/h1,4,10,12,14H,2-3,5-9H2,(H,15,16). The van der Waals surface area contributed by atoms with E-state index >= 15 is 0 Å². The number of piperidine rings is 1. The van der Waals surface area contributed by atoms with Crippen molar-refractivity contribution in [2.75, 3.05) is 32.8 Å². The normalized spacial score (nSPS) is 25.5. The Morgan fingerprint density at radius 2 is 2.26 bits per heavy atom. The molecule has 2 saturated heterocycles. The van der Waals surface area contributed by atoms with Gasteiger partial charge in [0.2, 0.25) is 5.91 Å². The zero-order chi connectivity index (χ0) is 13.1. The van der Waals surface area contributed by atoms with Gasteiger partial charge in [-0.1, -0.05) is 0 Å². The number of likely N-dealkylation sites (tertiary alicyclic amines) is 1. The number of nitrogens with zero attached hydrogens (tertiary/aromatic N) is 2. The molecule has 2 fully saturated rings. The number of H-pyrrole nitrogens is 1. The molecule has 1 amide bonds. The van der Waals surface area contributed by atoms with Crippen molar-refractivity contribution < 1.29 is 9.53 Å². The lowest BCUT2D eigenvalue weighted by Crippen LogP contribution is -2.53. The predicted octanol–water partition coefficient (Wildman–Crippen LogP) is 0.104. The van der Waals surface area contributed by atoms with Crippen LogP contribution in [0.5, 0.6) is 0 Å². The first-order valence-electron chi connectivity index (χ1n) is 6.94. The smallest absolute Gasteiger partial charge is 0.242 e. The first kappa shape index (κ1) is 12.6. The Labute approximate surface area is 112 Å². The molecule has 0 aromatic carbocycles. The summed E-state index contributed by atoms with van der Waals surface area (Å²) in [6.45, 7) is 3.60. The number of hydrogen-bond donors (Lipinski definition) is 2. The fraction of sp³-hybridized carbons (Fsp3) is 0.692. The number of aromatic amines is 1. The maximum absolute atomic E-state index is 12.3. The van der Waals surface area contributed by atoms with E-state index in [9.17, 15) is 4.79 Å². The molecule has 1 atom stereocenters. The second kappa shape index (κ2) is 5.71. The molecule has 6 nitrogen and oxygen atoms in total. The molecular formula is C13H20N4O2. The van der Waals surface area contributed by atoms with Gasteiger partial charge in [0.1, 0.15) is 6.04 Å². The molecular weight excluding hydrogens is 244 g/mol. The third kappa shape index (κ3) is 2.79. The van der Waals surface area contributed by atoms with Gasteiger partial charge in [0.05, 0.1) is 13.2 Å². The van der Waals surface area contributed by atoms with E-state index in [-0.39, 0.29) is 11.9 Å². The third-order valence-corrected chi connectivity index (χ3v) is 3.99. The van der Waals surface area contributed by atoms with Crippen molar-refractivity contribution in [2.45, 2.75) is 24.8 Å². The number of carbonyl (C=O) groups is 1. The van der Waals surface area contributed by atoms with Crippen LogP contribution in [0, 0.1) is 0 Å². The molecule has 19 heavy (non-hydrogen) atoms. The first-order chi connectivity index (χ1) is 9.34. The van der Waals surface area contributed by atoms with E-state index in [1.807, 2.05) is 11.0 Å². The summed E-state index contributed by atoms with van der Waals surface area (Å²) < 4.78 is 5.35. The maximum atomic E-state index is 12.3. The van der Waals surface area contributed by atoms with E-state index < -0.39 is 0 Å². The zero-order valence-corrected chi connectivity index (χ0v) is 11.0. The van der Waals surface area contributed by atoms with Crippen LogP contribution < -0.4 is 5.32 Å². The Hall–Kier alpha value is -1.40. The van der Waals surface area contributed by atoms with Crippen molar-refractivity contribution in [3.63, 3.8) is 0 Å². The first-order valence-corrected chi connectivity index (χ1v) is 6.94. The van der Waals surface area contributed by atoms with Gasteiger partial charge < -0.3 is 15.0 Å². The van der Waals surface area contributed by atoms with Gasteiger partial charge in [-0.25, -0.2) is 0 Å². The Morgan fingerprint density at radius 1 is 1.42 bits per heavy atom. The van der Waals surface area contributed by atoms with Crippen molar-refractivity contribution >= 4 is 5.91 Å². The lowest BCUT2D eigenvalue weighted by atomic mass is 9.93. The number of aromatic nitrogens is 2. The van der Waals surface area contributed by atoms with Crippen LogP contribution in [0.3, 0.4) is 0 Å². The molecule has 3 heterocycles. The summed E-state index contributed by atoms with van der Waals surface area (Å²) in [6, 6.07) is 1.87. The minimum atomic E-state index is -0.155. The van der Waals surface area contributed by atoms with Gasteiger partial charge in [-0.15, -0.1) is 0 Å². The topological polar surface area (TPSA) is 70.2 Å². The summed E-state index contributed by atoms with van der Waals surface area (Å²) in [6.07, 6.45) is 3.79. The molecule has 1 aromatic rings. The fourth-order valence-electron chi connectivity index (χ4n) is 2.85. The molecule has 3 rings (SSSR count). The van der Waals surface area contributed by atoms with Crippen LogP contribution in [-0.4, -0.2) is 59.9 Å². The molecule has 0 saturated carbocycles. The molecule has 1 unspecified atom stereocenters. The number of morpholine rings is 1. The highest BCUT2D eigenvalue weighted by Gasteiger charge is 2.30. The summed E-state index contributed by atoms with van der Waals surface area (Å²) in [7, 11) is 0.